The molecule has 1 saturated heterocycles. The van der Waals surface area contributed by atoms with E-state index >= 15 is 0 Å². The lowest BCUT2D eigenvalue weighted by Crippen LogP contribution is -2.56. The van der Waals surface area contributed by atoms with Crippen LogP contribution in [-0.2, 0) is 16.0 Å². The molecule has 1 fully saturated rings. The molecule has 0 aromatic heterocycles. The SMILES string of the molecule is CCOc1cc(C=C2C(=O)N(c3ccccc3)C(=S)N(c3ccccc3)C2=O)cc(I)c1Cc1cccc(F)c1. The fourth-order valence-corrected chi connectivity index (χ4v) is 5.72. The number of halogens is 2. The van der Waals surface area contributed by atoms with Gasteiger partial charge in [0.15, 0.2) is 5.11 Å². The van der Waals surface area contributed by atoms with E-state index in [1.54, 1.807) is 42.5 Å². The molecule has 5 rings (SSSR count). The van der Waals surface area contributed by atoms with Gasteiger partial charge in [0.05, 0.1) is 18.0 Å². The smallest absolute Gasteiger partial charge is 0.270 e. The summed E-state index contributed by atoms with van der Waals surface area (Å²) in [6.45, 7) is 2.30. The Labute approximate surface area is 251 Å². The molecule has 0 spiro atoms. The van der Waals surface area contributed by atoms with Crippen molar-refractivity contribution in [3.05, 3.63) is 129 Å². The first-order valence-corrected chi connectivity index (χ1v) is 14.1. The van der Waals surface area contributed by atoms with Gasteiger partial charge in [-0.1, -0.05) is 48.5 Å². The van der Waals surface area contributed by atoms with Crippen LogP contribution >= 0.6 is 34.8 Å². The molecule has 0 aliphatic carbocycles. The monoisotopic (exact) mass is 662 g/mol. The molecule has 0 bridgehead atoms. The topological polar surface area (TPSA) is 49.9 Å². The van der Waals surface area contributed by atoms with Crippen LogP contribution in [0.25, 0.3) is 6.08 Å². The Morgan fingerprint density at radius 1 is 0.850 bits per heavy atom. The van der Waals surface area contributed by atoms with Gasteiger partial charge in [-0.25, -0.2) is 4.39 Å². The van der Waals surface area contributed by atoms with Gasteiger partial charge in [0.2, 0.25) is 0 Å². The van der Waals surface area contributed by atoms with Crippen molar-refractivity contribution >= 4 is 69.2 Å². The van der Waals surface area contributed by atoms with Crippen molar-refractivity contribution in [1.29, 1.82) is 0 Å². The third-order valence-electron chi connectivity index (χ3n) is 6.34. The zero-order valence-electron chi connectivity index (χ0n) is 21.5. The summed E-state index contributed by atoms with van der Waals surface area (Å²) in [5.74, 6) is -0.711. The largest absolute Gasteiger partial charge is 0.494 e. The summed E-state index contributed by atoms with van der Waals surface area (Å²) in [5.41, 5.74) is 3.43. The third kappa shape index (κ3) is 5.68. The van der Waals surface area contributed by atoms with Gasteiger partial charge in [-0.15, -0.1) is 0 Å². The quantitative estimate of drug-likeness (QED) is 0.0912. The minimum absolute atomic E-state index is 0.0302. The first kappa shape index (κ1) is 27.7. The van der Waals surface area contributed by atoms with E-state index in [4.69, 9.17) is 17.0 Å². The van der Waals surface area contributed by atoms with Gasteiger partial charge in [0.25, 0.3) is 11.8 Å². The number of carbonyl (C=O) groups is 2. The van der Waals surface area contributed by atoms with E-state index in [1.165, 1.54) is 21.9 Å². The lowest BCUT2D eigenvalue weighted by molar-refractivity contribution is -0.120. The average molecular weight is 663 g/mol. The molecule has 0 unspecified atom stereocenters. The maximum absolute atomic E-state index is 13.8. The standard InChI is InChI=1S/C32H24FIN2O3S/c1-2-39-29-20-22(19-28(34)26(29)17-21-10-9-11-23(33)16-21)18-27-30(37)35(24-12-5-3-6-13-24)32(40)36(31(27)38)25-14-7-4-8-15-25/h3-16,18-20H,2,17H2,1H3. The number of anilines is 2. The van der Waals surface area contributed by atoms with Gasteiger partial charge in [-0.2, -0.15) is 0 Å². The van der Waals surface area contributed by atoms with E-state index in [0.717, 1.165) is 14.7 Å². The number of ether oxygens (including phenoxy) is 1. The van der Waals surface area contributed by atoms with Gasteiger partial charge >= 0.3 is 0 Å². The Morgan fingerprint density at radius 3 is 2.00 bits per heavy atom. The summed E-state index contributed by atoms with van der Waals surface area (Å²) in [5, 5.41) is 0.0829. The lowest BCUT2D eigenvalue weighted by atomic mass is 10.00. The predicted molar refractivity (Wildman–Crippen MR) is 168 cm³/mol. The van der Waals surface area contributed by atoms with E-state index in [0.29, 0.717) is 35.7 Å². The van der Waals surface area contributed by atoms with E-state index in [-0.39, 0.29) is 16.5 Å². The highest BCUT2D eigenvalue weighted by Crippen LogP contribution is 2.33. The van der Waals surface area contributed by atoms with Crippen molar-refractivity contribution in [2.45, 2.75) is 13.3 Å². The molecule has 1 heterocycles. The molecular formula is C32H24FIN2O3S. The summed E-state index contributed by atoms with van der Waals surface area (Å²) in [6, 6.07) is 28.2. The Bertz CT molecular complexity index is 1560. The van der Waals surface area contributed by atoms with Crippen LogP contribution in [0.4, 0.5) is 15.8 Å². The van der Waals surface area contributed by atoms with Gasteiger partial charge in [-0.05, 0) is 107 Å². The van der Waals surface area contributed by atoms with E-state index in [2.05, 4.69) is 22.6 Å². The van der Waals surface area contributed by atoms with Crippen LogP contribution in [0, 0.1) is 9.39 Å². The summed E-state index contributed by atoms with van der Waals surface area (Å²) in [7, 11) is 0. The minimum atomic E-state index is -0.509. The molecule has 4 aromatic carbocycles. The van der Waals surface area contributed by atoms with Crippen LogP contribution in [0.2, 0.25) is 0 Å². The number of amides is 2. The number of benzene rings is 4. The molecule has 40 heavy (non-hydrogen) atoms. The molecule has 200 valence electrons. The van der Waals surface area contributed by atoms with Crippen LogP contribution in [0.5, 0.6) is 5.75 Å². The zero-order chi connectivity index (χ0) is 28.2. The minimum Gasteiger partial charge on any atom is -0.494 e. The number of para-hydroxylation sites is 2. The number of hydrogen-bond donors (Lipinski definition) is 0. The fourth-order valence-electron chi connectivity index (χ4n) is 4.53. The molecule has 1 aliphatic heterocycles. The Morgan fingerprint density at radius 2 is 1.45 bits per heavy atom. The van der Waals surface area contributed by atoms with Crippen LogP contribution in [0.3, 0.4) is 0 Å². The van der Waals surface area contributed by atoms with E-state index in [1.807, 2.05) is 55.5 Å². The van der Waals surface area contributed by atoms with Gasteiger partial charge in [0.1, 0.15) is 17.1 Å². The van der Waals surface area contributed by atoms with Crippen molar-refractivity contribution in [2.24, 2.45) is 0 Å². The number of hydrogen-bond acceptors (Lipinski definition) is 4. The average Bonchev–Trinajstić information content (AvgIpc) is 2.94. The van der Waals surface area contributed by atoms with Crippen molar-refractivity contribution in [2.75, 3.05) is 16.4 Å². The van der Waals surface area contributed by atoms with E-state index in [9.17, 15) is 14.0 Å². The third-order valence-corrected chi connectivity index (χ3v) is 7.66. The summed E-state index contributed by atoms with van der Waals surface area (Å²) in [4.78, 5) is 30.4. The first-order chi connectivity index (χ1) is 19.4. The predicted octanol–water partition coefficient (Wildman–Crippen LogP) is 7.17. The van der Waals surface area contributed by atoms with Crippen LogP contribution in [-0.4, -0.2) is 23.5 Å². The molecule has 0 radical (unpaired) electrons. The molecule has 0 atom stereocenters. The van der Waals surface area contributed by atoms with Crippen molar-refractivity contribution < 1.29 is 18.7 Å². The highest BCUT2D eigenvalue weighted by Gasteiger charge is 2.41. The normalized spacial score (nSPS) is 13.6. The molecular weight excluding hydrogens is 638 g/mol. The lowest BCUT2D eigenvalue weighted by Gasteiger charge is -2.36. The number of carbonyl (C=O) groups excluding carboxylic acids is 2. The summed E-state index contributed by atoms with van der Waals surface area (Å²) < 4.78 is 20.7. The number of rotatable bonds is 7. The highest BCUT2D eigenvalue weighted by molar-refractivity contribution is 14.1. The highest BCUT2D eigenvalue weighted by atomic mass is 127. The fraction of sp³-hybridized carbons (Fsp3) is 0.0938. The molecule has 2 amide bonds. The first-order valence-electron chi connectivity index (χ1n) is 12.6. The maximum atomic E-state index is 13.8. The van der Waals surface area contributed by atoms with Crippen LogP contribution < -0.4 is 14.5 Å². The molecule has 4 aromatic rings. The zero-order valence-corrected chi connectivity index (χ0v) is 24.5. The second kappa shape index (κ2) is 12.1. The summed E-state index contributed by atoms with van der Waals surface area (Å²) >= 11 is 7.89. The van der Waals surface area contributed by atoms with Crippen molar-refractivity contribution in [3.63, 3.8) is 0 Å². The summed E-state index contributed by atoms with van der Waals surface area (Å²) in [6.07, 6.45) is 2.05. The number of thiocarbonyl (C=S) groups is 1. The molecule has 0 N–H and O–H groups in total. The molecule has 1 aliphatic rings. The molecule has 5 nitrogen and oxygen atoms in total. The van der Waals surface area contributed by atoms with Crippen molar-refractivity contribution in [1.82, 2.24) is 0 Å². The van der Waals surface area contributed by atoms with E-state index < -0.39 is 11.8 Å². The Balaban J connectivity index is 1.60. The Hall–Kier alpha value is -3.89. The second-order valence-electron chi connectivity index (χ2n) is 9.01. The molecule has 8 heteroatoms. The van der Waals surface area contributed by atoms with Gasteiger partial charge < -0.3 is 4.74 Å². The molecule has 0 saturated carbocycles. The number of nitrogens with zero attached hydrogens (tertiary/aromatic N) is 2. The maximum Gasteiger partial charge on any atom is 0.270 e. The van der Waals surface area contributed by atoms with Gasteiger partial charge in [-0.3, -0.25) is 19.4 Å². The van der Waals surface area contributed by atoms with Crippen LogP contribution in [0.15, 0.2) is 103 Å². The van der Waals surface area contributed by atoms with Crippen molar-refractivity contribution in [3.8, 4) is 5.75 Å². The van der Waals surface area contributed by atoms with Gasteiger partial charge in [0, 0.05) is 15.6 Å². The second-order valence-corrected chi connectivity index (χ2v) is 10.5. The van der Waals surface area contributed by atoms with Crippen LogP contribution in [0.1, 0.15) is 23.6 Å². The Kier molecular flexibility index (Phi) is 8.37.